The van der Waals surface area contributed by atoms with Crippen LogP contribution in [0, 0.1) is 22.7 Å². The summed E-state index contributed by atoms with van der Waals surface area (Å²) >= 11 is 7.30. The van der Waals surface area contributed by atoms with Gasteiger partial charge in [-0.05, 0) is 0 Å². The van der Waals surface area contributed by atoms with E-state index >= 15 is 0 Å². The van der Waals surface area contributed by atoms with Crippen LogP contribution in [0.2, 0.25) is 0 Å². The minimum Gasteiger partial charge on any atom is -0.192 e. The van der Waals surface area contributed by atoms with Crippen LogP contribution in [0.25, 0.3) is 0 Å². The first kappa shape index (κ1) is 12.1. The number of allylic oxidation sites excluding steroid dienone is 1. The maximum absolute atomic E-state index is 8.07. The quantitative estimate of drug-likeness (QED) is 0.250. The number of nitrogens with zero attached hydrogens (tertiary/aromatic N) is 2. The molecule has 0 saturated carbocycles. The van der Waals surface area contributed by atoms with Crippen molar-refractivity contribution in [2.75, 3.05) is 0 Å². The van der Waals surface area contributed by atoms with Gasteiger partial charge in [-0.25, -0.2) is 0 Å². The molecule has 0 heterocycles. The van der Waals surface area contributed by atoms with Gasteiger partial charge in [0.25, 0.3) is 0 Å². The second-order valence-electron chi connectivity index (χ2n) is 0.922. The summed E-state index contributed by atoms with van der Waals surface area (Å²) in [6.45, 7) is 0. The van der Waals surface area contributed by atoms with Crippen LogP contribution >= 0.6 is 25.3 Å². The molecule has 0 aliphatic heterocycles. The van der Waals surface area contributed by atoms with Crippen molar-refractivity contribution in [3.8, 4) is 12.1 Å². The Kier molecular flexibility index (Phi) is 8.81. The summed E-state index contributed by atoms with van der Waals surface area (Å²) in [6.07, 6.45) is 0. The zero-order valence-electron chi connectivity index (χ0n) is 4.79. The molecule has 0 aliphatic carbocycles. The summed E-state index contributed by atoms with van der Waals surface area (Å²) in [7, 11) is 0. The molecule has 0 rings (SSSR count). The molecule has 0 spiro atoms. The fourth-order valence-electron chi connectivity index (χ4n) is 0.125. The molecule has 0 atom stereocenters. The maximum atomic E-state index is 8.07. The van der Waals surface area contributed by atoms with Crippen LogP contribution < -0.4 is 29.6 Å². The van der Waals surface area contributed by atoms with E-state index in [0.717, 1.165) is 0 Å². The van der Waals surface area contributed by atoms with Crippen LogP contribution in [-0.2, 0) is 0 Å². The fraction of sp³-hybridized carbons (Fsp3) is 0. The van der Waals surface area contributed by atoms with Crippen molar-refractivity contribution in [3.05, 3.63) is 9.81 Å². The molecule has 0 unspecified atom stereocenters. The first-order valence-electron chi connectivity index (χ1n) is 1.64. The van der Waals surface area contributed by atoms with Crippen molar-refractivity contribution in [1.82, 2.24) is 0 Å². The smallest absolute Gasteiger partial charge is 0.192 e. The molecule has 0 amide bonds. The monoisotopic (exact) mass is 165 g/mol. The van der Waals surface area contributed by atoms with Crippen LogP contribution in [0.3, 0.4) is 0 Å². The molecule has 0 aliphatic rings. The average molecular weight is 165 g/mol. The van der Waals surface area contributed by atoms with Crippen molar-refractivity contribution in [2.45, 2.75) is 0 Å². The van der Waals surface area contributed by atoms with E-state index in [0.29, 0.717) is 0 Å². The molecule has 0 saturated heterocycles. The van der Waals surface area contributed by atoms with Crippen molar-refractivity contribution >= 4 is 25.3 Å². The van der Waals surface area contributed by atoms with Gasteiger partial charge < -0.3 is 0 Å². The van der Waals surface area contributed by atoms with E-state index in [9.17, 15) is 0 Å². The van der Waals surface area contributed by atoms with Gasteiger partial charge in [-0.3, -0.25) is 0 Å². The van der Waals surface area contributed by atoms with Crippen LogP contribution in [0.15, 0.2) is 9.81 Å². The van der Waals surface area contributed by atoms with Gasteiger partial charge in [-0.1, -0.05) is 0 Å². The third-order valence-electron chi connectivity index (χ3n) is 0.447. The summed E-state index contributed by atoms with van der Waals surface area (Å²) in [5.74, 6) is 0. The standard InChI is InChI=1S/C4H2N2S2.Na/c5-1-3(2-6)4(7)8;/h7-8H;/q;+1. The van der Waals surface area contributed by atoms with E-state index in [2.05, 4.69) is 25.3 Å². The molecule has 2 nitrogen and oxygen atoms in total. The SMILES string of the molecule is N#CC(C#N)=C(S)S.[Na+]. The molecule has 5 heteroatoms. The Bertz CT molecular complexity index is 178. The minimum atomic E-state index is -0.0586. The second kappa shape index (κ2) is 6.54. The molecule has 0 aromatic rings. The summed E-state index contributed by atoms with van der Waals surface area (Å²) in [6, 6.07) is 3.23. The van der Waals surface area contributed by atoms with Gasteiger partial charge in [-0.15, -0.1) is 25.3 Å². The van der Waals surface area contributed by atoms with Crippen LogP contribution in [0.1, 0.15) is 0 Å². The molecule has 0 N–H and O–H groups in total. The van der Waals surface area contributed by atoms with Crippen molar-refractivity contribution < 1.29 is 29.6 Å². The van der Waals surface area contributed by atoms with Crippen molar-refractivity contribution in [3.63, 3.8) is 0 Å². The van der Waals surface area contributed by atoms with Gasteiger partial charge in [0.2, 0.25) is 0 Å². The topological polar surface area (TPSA) is 47.6 Å². The normalized spacial score (nSPS) is 5.78. The van der Waals surface area contributed by atoms with E-state index in [1.54, 1.807) is 12.1 Å². The molecule has 0 bridgehead atoms. The van der Waals surface area contributed by atoms with Gasteiger partial charge in [0, 0.05) is 0 Å². The average Bonchev–Trinajstić information content (AvgIpc) is 1.69. The van der Waals surface area contributed by atoms with Gasteiger partial charge >= 0.3 is 29.6 Å². The maximum Gasteiger partial charge on any atom is 1.00 e. The van der Waals surface area contributed by atoms with Crippen LogP contribution in [0.4, 0.5) is 0 Å². The van der Waals surface area contributed by atoms with Crippen molar-refractivity contribution in [1.29, 1.82) is 10.5 Å². The van der Waals surface area contributed by atoms with Crippen LogP contribution in [0.5, 0.6) is 0 Å². The van der Waals surface area contributed by atoms with Gasteiger partial charge in [0.15, 0.2) is 0 Å². The third-order valence-corrected chi connectivity index (χ3v) is 0.894. The van der Waals surface area contributed by atoms with Gasteiger partial charge in [0.1, 0.15) is 17.7 Å². The Morgan fingerprint density at radius 1 is 1.11 bits per heavy atom. The molecule has 0 aromatic carbocycles. The third kappa shape index (κ3) is 4.90. The largest absolute Gasteiger partial charge is 1.00 e. The molecule has 0 fully saturated rings. The zero-order valence-corrected chi connectivity index (χ0v) is 8.58. The number of hydrogen-bond acceptors (Lipinski definition) is 4. The van der Waals surface area contributed by atoms with Gasteiger partial charge in [0.05, 0.1) is 4.24 Å². The predicted octanol–water partition coefficient (Wildman–Crippen LogP) is -1.89. The number of hydrogen-bond donors (Lipinski definition) is 2. The number of thiol groups is 2. The molecule has 0 aromatic heterocycles. The summed E-state index contributed by atoms with van der Waals surface area (Å²) in [5.41, 5.74) is -0.0586. The molecular weight excluding hydrogens is 163 g/mol. The Morgan fingerprint density at radius 2 is 1.44 bits per heavy atom. The number of rotatable bonds is 0. The Morgan fingerprint density at radius 3 is 1.44 bits per heavy atom. The molecule has 9 heavy (non-hydrogen) atoms. The zero-order chi connectivity index (χ0) is 6.57. The van der Waals surface area contributed by atoms with E-state index in [-0.39, 0.29) is 39.4 Å². The number of nitriles is 2. The summed E-state index contributed by atoms with van der Waals surface area (Å²) < 4.78 is 0.162. The van der Waals surface area contributed by atoms with Gasteiger partial charge in [-0.2, -0.15) is 10.5 Å². The molecular formula is C4H2N2NaS2+. The van der Waals surface area contributed by atoms with Crippen LogP contribution in [-0.4, -0.2) is 0 Å². The fourth-order valence-corrected chi connectivity index (χ4v) is 0.325. The summed E-state index contributed by atoms with van der Waals surface area (Å²) in [5, 5.41) is 16.1. The first-order valence-corrected chi connectivity index (χ1v) is 2.54. The van der Waals surface area contributed by atoms with E-state index in [1.165, 1.54) is 0 Å². The summed E-state index contributed by atoms with van der Waals surface area (Å²) in [4.78, 5) is 0. The molecule has 0 radical (unpaired) electrons. The Hall–Kier alpha value is 0.420. The van der Waals surface area contributed by atoms with E-state index in [4.69, 9.17) is 10.5 Å². The van der Waals surface area contributed by atoms with E-state index in [1.807, 2.05) is 0 Å². The van der Waals surface area contributed by atoms with Crippen molar-refractivity contribution in [2.24, 2.45) is 0 Å². The first-order chi connectivity index (χ1) is 3.72. The predicted molar refractivity (Wildman–Crippen MR) is 36.2 cm³/mol. The second-order valence-corrected chi connectivity index (χ2v) is 2.17. The Balaban J connectivity index is 0. The van der Waals surface area contributed by atoms with E-state index < -0.39 is 0 Å². The Labute approximate surface area is 86.7 Å². The minimum absolute atomic E-state index is 0. The molecule has 40 valence electrons.